The Balaban J connectivity index is 0.838. The van der Waals surface area contributed by atoms with Crippen molar-refractivity contribution in [2.45, 2.75) is 89.6 Å². The number of carbonyl (C=O) groups excluding carboxylic acids is 2. The lowest BCUT2D eigenvalue weighted by Gasteiger charge is -2.37. The van der Waals surface area contributed by atoms with Crippen molar-refractivity contribution in [3.63, 3.8) is 0 Å². The SMILES string of the molecule is CC[C@@H]([C@H](C)OP(=O)(O)O)n1ncn(-c2ccc(N3CCN(c4ccc(OC[C@@H]5CO[C@@](Cn6c[n+](C(C)OC(=O)N(C)c7ncccc7COC(=O)[C@@H](N)CCCN)cn6)(c6ccc(F)cc6F)C5)cc4)CC3)cc2)c1=O. The number of benzene rings is 3. The molecule has 0 aliphatic carbocycles. The van der Waals surface area contributed by atoms with Crippen LogP contribution in [-0.2, 0) is 46.8 Å². The summed E-state index contributed by atoms with van der Waals surface area (Å²) >= 11 is 0. The molecule has 2 saturated heterocycles. The monoisotopic (exact) mass is 1100 g/mol. The number of aromatic nitrogens is 7. The molecule has 0 saturated carbocycles. The van der Waals surface area contributed by atoms with E-state index in [0.717, 1.165) is 43.6 Å². The summed E-state index contributed by atoms with van der Waals surface area (Å²) in [5, 5.41) is 8.71. The largest absolute Gasteiger partial charge is 0.493 e. The molecule has 0 bridgehead atoms. The van der Waals surface area contributed by atoms with Crippen LogP contribution in [0.2, 0.25) is 0 Å². The Labute approximate surface area is 449 Å². The number of hydrogen-bond donors (Lipinski definition) is 4. The van der Waals surface area contributed by atoms with Crippen LogP contribution in [0.4, 0.5) is 30.8 Å². The molecule has 8 rings (SSSR count). The van der Waals surface area contributed by atoms with Gasteiger partial charge in [0.15, 0.2) is 0 Å². The molecule has 6 atom stereocenters. The number of halogens is 2. The zero-order valence-electron chi connectivity index (χ0n) is 43.8. The number of amides is 1. The van der Waals surface area contributed by atoms with Crippen LogP contribution in [0.3, 0.4) is 0 Å². The smallest absolute Gasteiger partial charge is 0.469 e. The molecule has 2 aliphatic rings. The van der Waals surface area contributed by atoms with Gasteiger partial charge in [0.05, 0.1) is 31.0 Å². The van der Waals surface area contributed by atoms with E-state index in [-0.39, 0.29) is 43.7 Å². The number of phosphoric ester groups is 1. The van der Waals surface area contributed by atoms with Gasteiger partial charge in [-0.15, -0.1) is 4.68 Å². The van der Waals surface area contributed by atoms with E-state index in [1.165, 1.54) is 59.1 Å². The van der Waals surface area contributed by atoms with Crippen molar-refractivity contribution in [1.29, 1.82) is 0 Å². The predicted octanol–water partition coefficient (Wildman–Crippen LogP) is 4.88. The third kappa shape index (κ3) is 13.8. The first-order valence-corrected chi connectivity index (χ1v) is 27.1. The Kier molecular flexibility index (Phi) is 18.4. The number of pyridine rings is 1. The molecule has 78 heavy (non-hydrogen) atoms. The molecule has 3 aromatic heterocycles. The zero-order valence-corrected chi connectivity index (χ0v) is 44.7. The summed E-state index contributed by atoms with van der Waals surface area (Å²) < 4.78 is 75.7. The van der Waals surface area contributed by atoms with Crippen molar-refractivity contribution in [1.82, 2.24) is 29.1 Å². The fourth-order valence-corrected chi connectivity index (χ4v) is 10.3. The van der Waals surface area contributed by atoms with Crippen molar-refractivity contribution in [3.05, 3.63) is 137 Å². The first kappa shape index (κ1) is 57.1. The minimum Gasteiger partial charge on any atom is -0.493 e. The summed E-state index contributed by atoms with van der Waals surface area (Å²) in [6, 6.07) is 20.6. The number of nitrogens with two attached hydrogens (primary N) is 2. The number of hydrogen-bond acceptors (Lipinski definition) is 16. The third-order valence-electron chi connectivity index (χ3n) is 13.9. The van der Waals surface area contributed by atoms with Gasteiger partial charge in [-0.1, -0.05) is 19.1 Å². The average molecular weight is 1100 g/mol. The van der Waals surface area contributed by atoms with Gasteiger partial charge in [-0.3, -0.25) is 14.2 Å². The predicted molar refractivity (Wildman–Crippen MR) is 281 cm³/mol. The van der Waals surface area contributed by atoms with Crippen molar-refractivity contribution < 1.29 is 60.8 Å². The number of phosphoric acid groups is 1. The molecule has 1 amide bonds. The van der Waals surface area contributed by atoms with E-state index < -0.39 is 67.2 Å². The van der Waals surface area contributed by atoms with Gasteiger partial charge in [-0.05, 0) is 99.8 Å². The number of piperazine rings is 1. The van der Waals surface area contributed by atoms with Gasteiger partial charge < -0.3 is 50.0 Å². The molecule has 23 nitrogen and oxygen atoms in total. The quantitative estimate of drug-likeness (QED) is 0.0378. The highest BCUT2D eigenvalue weighted by molar-refractivity contribution is 7.46. The van der Waals surface area contributed by atoms with E-state index in [9.17, 15) is 33.1 Å². The molecule has 26 heteroatoms. The maximum Gasteiger partial charge on any atom is 0.469 e. The van der Waals surface area contributed by atoms with Crippen LogP contribution in [0.15, 0.2) is 109 Å². The van der Waals surface area contributed by atoms with E-state index in [2.05, 4.69) is 25.0 Å². The van der Waals surface area contributed by atoms with Crippen LogP contribution in [0, 0.1) is 17.6 Å². The minimum absolute atomic E-state index is 0.0372. The first-order valence-electron chi connectivity index (χ1n) is 25.6. The number of anilines is 3. The highest BCUT2D eigenvalue weighted by atomic mass is 31.2. The van der Waals surface area contributed by atoms with Gasteiger partial charge in [0, 0.05) is 85.9 Å². The van der Waals surface area contributed by atoms with E-state index in [4.69, 9.17) is 34.9 Å². The van der Waals surface area contributed by atoms with E-state index in [1.807, 2.05) is 48.5 Å². The third-order valence-corrected chi connectivity index (χ3v) is 14.5. The Morgan fingerprint density at radius 3 is 2.32 bits per heavy atom. The minimum atomic E-state index is -4.76. The normalized spacial score (nSPS) is 18.3. The summed E-state index contributed by atoms with van der Waals surface area (Å²) in [6.07, 6.45) is 4.98. The molecule has 0 radical (unpaired) electrons. The maximum atomic E-state index is 15.7. The van der Waals surface area contributed by atoms with Gasteiger partial charge in [0.2, 0.25) is 12.6 Å². The number of rotatable bonds is 23. The van der Waals surface area contributed by atoms with Crippen molar-refractivity contribution in [3.8, 4) is 11.4 Å². The van der Waals surface area contributed by atoms with Gasteiger partial charge in [-0.25, -0.2) is 37.2 Å². The number of esters is 1. The lowest BCUT2D eigenvalue weighted by molar-refractivity contribution is -0.753. The highest BCUT2D eigenvalue weighted by Gasteiger charge is 2.46. The first-order chi connectivity index (χ1) is 37.3. The number of carbonyl (C=O) groups is 2. The maximum absolute atomic E-state index is 15.7. The standard InChI is InChI=1S/C52H65F2N12O11P/c1-5-47(35(2)77-78(70,71)72)66-50(68)65(33-59-66)42-13-11-40(12-14-42)61-22-24-62(25-23-61)41-15-17-43(18-16-41)73-28-37-27-52(75-29-37,44-19-10-39(53)26-45(44)54)31-64-34-63(32-58-64)36(3)76-51(69)60(4)48-38(8-7-21-57-48)30-74-49(67)46(56)9-6-20-55/h7-8,10-19,21,26,32-37,46-47H,5-6,9,20,22-25,27-31,55-56H2,1-4H3,(H-,70,71,72)/p+1/t35-,36?,37+,46-,47-,52-/m0/s1. The van der Waals surface area contributed by atoms with E-state index in [1.54, 1.807) is 41.6 Å². The fourth-order valence-electron chi connectivity index (χ4n) is 9.74. The molecule has 418 valence electrons. The highest BCUT2D eigenvalue weighted by Crippen LogP contribution is 2.43. The topological polar surface area (TPSA) is 274 Å². The molecular formula is C52H66F2N12O11P+. The van der Waals surface area contributed by atoms with Crippen LogP contribution in [-0.4, -0.2) is 116 Å². The van der Waals surface area contributed by atoms with Gasteiger partial charge in [0.1, 0.15) is 54.3 Å². The van der Waals surface area contributed by atoms with E-state index in [0.29, 0.717) is 49.2 Å². The zero-order chi connectivity index (χ0) is 55.7. The van der Waals surface area contributed by atoms with Crippen molar-refractivity contribution >= 4 is 37.1 Å². The lowest BCUT2D eigenvalue weighted by Crippen LogP contribution is -2.46. The summed E-state index contributed by atoms with van der Waals surface area (Å²) in [4.78, 5) is 67.8. The second-order valence-corrected chi connectivity index (χ2v) is 20.6. The van der Waals surface area contributed by atoms with Gasteiger partial charge >= 0.3 is 25.6 Å². The number of ether oxygens (including phenoxy) is 4. The van der Waals surface area contributed by atoms with Crippen LogP contribution in [0.25, 0.3) is 5.69 Å². The van der Waals surface area contributed by atoms with Crippen LogP contribution < -0.4 is 41.2 Å². The molecular weight excluding hydrogens is 1040 g/mol. The van der Waals surface area contributed by atoms with E-state index >= 15 is 4.39 Å². The van der Waals surface area contributed by atoms with Crippen molar-refractivity contribution in [2.75, 3.05) is 67.7 Å². The second kappa shape index (κ2) is 25.1. The molecule has 3 aromatic carbocycles. The van der Waals surface area contributed by atoms with Gasteiger partial charge in [0.25, 0.3) is 6.33 Å². The molecule has 0 spiro atoms. The molecule has 6 N–H and O–H groups in total. The molecule has 5 heterocycles. The average Bonchev–Trinajstić information content (AvgIpc) is 4.19. The number of nitrogens with zero attached hydrogens (tertiary/aromatic N) is 10. The lowest BCUT2D eigenvalue weighted by atomic mass is 9.87. The summed E-state index contributed by atoms with van der Waals surface area (Å²) in [5.41, 5.74) is 13.0. The molecule has 6 aromatic rings. The Morgan fingerprint density at radius 1 is 0.987 bits per heavy atom. The van der Waals surface area contributed by atoms with Crippen molar-refractivity contribution in [2.24, 2.45) is 17.4 Å². The van der Waals surface area contributed by atoms with Crippen LogP contribution >= 0.6 is 7.82 Å². The Hall–Kier alpha value is -7.12. The molecule has 2 fully saturated rings. The van der Waals surface area contributed by atoms with Gasteiger partial charge in [-0.2, -0.15) is 9.67 Å². The Morgan fingerprint density at radius 2 is 1.67 bits per heavy atom. The second-order valence-electron chi connectivity index (χ2n) is 19.4. The van der Waals surface area contributed by atoms with Crippen LogP contribution in [0.1, 0.15) is 69.9 Å². The Bertz CT molecular complexity index is 3100. The summed E-state index contributed by atoms with van der Waals surface area (Å²) in [6.45, 7) is 8.65. The summed E-state index contributed by atoms with van der Waals surface area (Å²) in [5.74, 6) is -1.41. The fraction of sp³-hybridized carbons (Fsp3) is 0.442. The van der Waals surface area contributed by atoms with Crippen LogP contribution in [0.5, 0.6) is 5.75 Å². The summed E-state index contributed by atoms with van der Waals surface area (Å²) in [7, 11) is -3.29. The molecule has 2 aliphatic heterocycles. The molecule has 1 unspecified atom stereocenters.